The van der Waals surface area contributed by atoms with Gasteiger partial charge in [-0.25, -0.2) is 13.8 Å². The highest BCUT2D eigenvalue weighted by molar-refractivity contribution is 6.62. The molecule has 2 heterocycles. The number of fused-ring (bicyclic) bond motifs is 1. The van der Waals surface area contributed by atoms with E-state index in [1.807, 2.05) is 40.7 Å². The quantitative estimate of drug-likeness (QED) is 0.609. The molecule has 2 aromatic carbocycles. The van der Waals surface area contributed by atoms with Gasteiger partial charge in [0.25, 0.3) is 5.56 Å². The van der Waals surface area contributed by atoms with Crippen molar-refractivity contribution in [1.29, 1.82) is 0 Å². The number of halogens is 1. The lowest BCUT2D eigenvalue weighted by Crippen LogP contribution is -2.41. The fourth-order valence-electron chi connectivity index (χ4n) is 3.74. The normalized spacial score (nSPS) is 17.6. The van der Waals surface area contributed by atoms with Crippen LogP contribution >= 0.6 is 0 Å². The summed E-state index contributed by atoms with van der Waals surface area (Å²) in [5.41, 5.74) is 0.0748. The molecule has 0 atom stereocenters. The molecule has 0 unspecified atom stereocenters. The molecule has 0 spiro atoms. The summed E-state index contributed by atoms with van der Waals surface area (Å²) in [4.78, 5) is 26.2. The van der Waals surface area contributed by atoms with Crippen LogP contribution in [-0.2, 0) is 16.4 Å². The van der Waals surface area contributed by atoms with Gasteiger partial charge < -0.3 is 9.31 Å². The van der Waals surface area contributed by atoms with Crippen LogP contribution in [0.3, 0.4) is 0 Å². The Morgan fingerprint density at radius 1 is 1.00 bits per heavy atom. The molecule has 30 heavy (non-hydrogen) atoms. The van der Waals surface area contributed by atoms with Crippen LogP contribution in [0.2, 0.25) is 0 Å². The van der Waals surface area contributed by atoms with Crippen LogP contribution in [0.5, 0.6) is 0 Å². The Hall–Kier alpha value is -2.71. The molecule has 8 heteroatoms. The summed E-state index contributed by atoms with van der Waals surface area (Å²) in [6.07, 6.45) is 0. The van der Waals surface area contributed by atoms with E-state index >= 15 is 0 Å². The van der Waals surface area contributed by atoms with E-state index in [0.717, 1.165) is 10.0 Å². The number of aromatic nitrogens is 2. The van der Waals surface area contributed by atoms with Gasteiger partial charge in [-0.2, -0.15) is 0 Å². The summed E-state index contributed by atoms with van der Waals surface area (Å²) in [5, 5.41) is 0.263. The number of hydrogen-bond donors (Lipinski definition) is 0. The molecule has 0 radical (unpaired) electrons. The zero-order valence-corrected chi connectivity index (χ0v) is 17.9. The molecule has 1 aliphatic rings. The molecule has 1 fully saturated rings. The van der Waals surface area contributed by atoms with E-state index in [-0.39, 0.29) is 10.9 Å². The topological polar surface area (TPSA) is 62.5 Å². The highest BCUT2D eigenvalue weighted by atomic mass is 19.1. The summed E-state index contributed by atoms with van der Waals surface area (Å²) in [6, 6.07) is 9.15. The molecule has 0 N–H and O–H groups in total. The third-order valence-corrected chi connectivity index (χ3v) is 6.33. The lowest BCUT2D eigenvalue weighted by atomic mass is 9.76. The molecule has 4 rings (SSSR count). The third kappa shape index (κ3) is 2.94. The van der Waals surface area contributed by atoms with Gasteiger partial charge in [0.05, 0.1) is 27.8 Å². The second-order valence-electron chi connectivity index (χ2n) is 8.72. The standard InChI is InChI=1S/C22H24BFN2O4/c1-13-16(23-29-21(2,3)22(4,5)30-23)8-7-9-17(13)26-19(27)15-11-10-14(24)12-18(15)25(6)20(26)28/h7-12H,1-6H3. The average Bonchev–Trinajstić information content (AvgIpc) is 2.88. The zero-order valence-electron chi connectivity index (χ0n) is 17.9. The molecule has 1 aromatic heterocycles. The Balaban J connectivity index is 1.93. The van der Waals surface area contributed by atoms with E-state index in [0.29, 0.717) is 11.3 Å². The molecule has 0 saturated carbocycles. The number of hydrogen-bond acceptors (Lipinski definition) is 4. The van der Waals surface area contributed by atoms with Gasteiger partial charge >= 0.3 is 12.8 Å². The maximum atomic E-state index is 13.7. The van der Waals surface area contributed by atoms with E-state index in [4.69, 9.17) is 9.31 Å². The molecule has 0 bridgehead atoms. The Kier molecular flexibility index (Phi) is 4.56. The number of nitrogens with zero attached hydrogens (tertiary/aromatic N) is 2. The molecule has 0 amide bonds. The van der Waals surface area contributed by atoms with E-state index in [2.05, 4.69) is 0 Å². The lowest BCUT2D eigenvalue weighted by Gasteiger charge is -2.32. The Bertz CT molecular complexity index is 1280. The summed E-state index contributed by atoms with van der Waals surface area (Å²) in [7, 11) is 0.900. The van der Waals surface area contributed by atoms with Crippen LogP contribution in [0.15, 0.2) is 46.0 Å². The van der Waals surface area contributed by atoms with Gasteiger partial charge in [0.15, 0.2) is 0 Å². The SMILES string of the molecule is Cc1c(B2OC(C)(C)C(C)(C)O2)cccc1-n1c(=O)c2ccc(F)cc2n(C)c1=O. The molecule has 3 aromatic rings. The van der Waals surface area contributed by atoms with Crippen molar-refractivity contribution >= 4 is 23.5 Å². The monoisotopic (exact) mass is 410 g/mol. The molecular formula is C22H24BFN2O4. The van der Waals surface area contributed by atoms with E-state index < -0.39 is 35.4 Å². The van der Waals surface area contributed by atoms with Gasteiger partial charge in [-0.3, -0.25) is 9.36 Å². The van der Waals surface area contributed by atoms with Crippen LogP contribution in [0, 0.1) is 12.7 Å². The average molecular weight is 410 g/mol. The first-order chi connectivity index (χ1) is 13.9. The van der Waals surface area contributed by atoms with Crippen molar-refractivity contribution in [2.75, 3.05) is 0 Å². The number of aryl methyl sites for hydroxylation is 1. The first kappa shape index (κ1) is 20.6. The maximum Gasteiger partial charge on any atom is 0.495 e. The summed E-state index contributed by atoms with van der Waals surface area (Å²) < 4.78 is 28.4. The Morgan fingerprint density at radius 3 is 2.27 bits per heavy atom. The van der Waals surface area contributed by atoms with Crippen LogP contribution in [-0.4, -0.2) is 27.5 Å². The van der Waals surface area contributed by atoms with Crippen LogP contribution in [0.25, 0.3) is 16.6 Å². The van der Waals surface area contributed by atoms with Gasteiger partial charge in [-0.1, -0.05) is 12.1 Å². The van der Waals surface area contributed by atoms with Gasteiger partial charge in [0, 0.05) is 7.05 Å². The highest BCUT2D eigenvalue weighted by Gasteiger charge is 2.52. The van der Waals surface area contributed by atoms with Crippen molar-refractivity contribution in [3.05, 3.63) is 68.6 Å². The van der Waals surface area contributed by atoms with Crippen molar-refractivity contribution in [2.45, 2.75) is 45.8 Å². The smallest absolute Gasteiger partial charge is 0.399 e. The number of rotatable bonds is 2. The van der Waals surface area contributed by atoms with Crippen molar-refractivity contribution in [3.63, 3.8) is 0 Å². The first-order valence-electron chi connectivity index (χ1n) is 9.81. The summed E-state index contributed by atoms with van der Waals surface area (Å²) in [5.74, 6) is -0.506. The van der Waals surface area contributed by atoms with Crippen LogP contribution in [0.1, 0.15) is 33.3 Å². The second-order valence-corrected chi connectivity index (χ2v) is 8.72. The first-order valence-corrected chi connectivity index (χ1v) is 9.81. The minimum atomic E-state index is -0.621. The predicted octanol–water partition coefficient (Wildman–Crippen LogP) is 2.44. The van der Waals surface area contributed by atoms with Crippen LogP contribution in [0.4, 0.5) is 4.39 Å². The summed E-state index contributed by atoms with van der Waals surface area (Å²) in [6.45, 7) is 9.70. The molecular weight excluding hydrogens is 386 g/mol. The lowest BCUT2D eigenvalue weighted by molar-refractivity contribution is 0.00578. The highest BCUT2D eigenvalue weighted by Crippen LogP contribution is 2.36. The molecule has 1 saturated heterocycles. The minimum absolute atomic E-state index is 0.251. The number of benzene rings is 2. The molecule has 6 nitrogen and oxygen atoms in total. The van der Waals surface area contributed by atoms with E-state index in [1.165, 1.54) is 29.8 Å². The van der Waals surface area contributed by atoms with Gasteiger partial charge in [-0.15, -0.1) is 0 Å². The Morgan fingerprint density at radius 2 is 1.63 bits per heavy atom. The second kappa shape index (κ2) is 6.65. The Labute approximate surface area is 174 Å². The van der Waals surface area contributed by atoms with E-state index in [9.17, 15) is 14.0 Å². The predicted molar refractivity (Wildman–Crippen MR) is 115 cm³/mol. The maximum absolute atomic E-state index is 13.7. The van der Waals surface area contributed by atoms with Crippen molar-refractivity contribution < 1.29 is 13.7 Å². The van der Waals surface area contributed by atoms with Gasteiger partial charge in [0.1, 0.15) is 5.82 Å². The minimum Gasteiger partial charge on any atom is -0.399 e. The molecule has 1 aliphatic heterocycles. The molecule has 156 valence electrons. The fourth-order valence-corrected chi connectivity index (χ4v) is 3.74. The van der Waals surface area contributed by atoms with Gasteiger partial charge in [-0.05, 0) is 69.9 Å². The largest absolute Gasteiger partial charge is 0.495 e. The third-order valence-electron chi connectivity index (χ3n) is 6.33. The van der Waals surface area contributed by atoms with E-state index in [1.54, 1.807) is 12.1 Å². The van der Waals surface area contributed by atoms with Crippen molar-refractivity contribution in [1.82, 2.24) is 9.13 Å². The fraction of sp³-hybridized carbons (Fsp3) is 0.364. The molecule has 0 aliphatic carbocycles. The van der Waals surface area contributed by atoms with Gasteiger partial charge in [0.2, 0.25) is 0 Å². The van der Waals surface area contributed by atoms with Crippen LogP contribution < -0.4 is 16.7 Å². The van der Waals surface area contributed by atoms with Crippen molar-refractivity contribution in [2.24, 2.45) is 7.05 Å². The van der Waals surface area contributed by atoms with Crippen molar-refractivity contribution in [3.8, 4) is 5.69 Å². The zero-order chi connectivity index (χ0) is 22.0. The summed E-state index contributed by atoms with van der Waals surface area (Å²) >= 11 is 0.